The summed E-state index contributed by atoms with van der Waals surface area (Å²) in [6, 6.07) is 0. The summed E-state index contributed by atoms with van der Waals surface area (Å²) >= 11 is 0. The van der Waals surface area contributed by atoms with Crippen LogP contribution in [0.25, 0.3) is 6.08 Å². The maximum Gasteiger partial charge on any atom is 2.00 e. The molecule has 2 N–H and O–H groups in total. The average Bonchev–Trinajstić information content (AvgIpc) is 3.02. The Labute approximate surface area is 155 Å². The maximum absolute atomic E-state index is 10.1. The Hall–Kier alpha value is -1.53. The Bertz CT molecular complexity index is 463. The monoisotopic (exact) mass is 388 g/mol. The molecular formula is C16H24N2O5Zn. The van der Waals surface area contributed by atoms with E-state index in [0.717, 1.165) is 25.3 Å². The fourth-order valence-corrected chi connectivity index (χ4v) is 1.75. The number of carbonyl (C=O) groups excluding carboxylic acids is 2. The minimum Gasteiger partial charge on any atom is -0.547 e. The van der Waals surface area contributed by atoms with Crippen LogP contribution in [-0.2, 0) is 29.1 Å². The molecule has 0 saturated heterocycles. The smallest absolute Gasteiger partial charge is 0.547 e. The summed E-state index contributed by atoms with van der Waals surface area (Å²) in [5.41, 5.74) is 0.643. The average molecular weight is 390 g/mol. The fraction of sp³-hybridized carbons (Fsp3) is 0.562. The fourth-order valence-electron chi connectivity index (χ4n) is 1.75. The molecule has 0 aliphatic heterocycles. The van der Waals surface area contributed by atoms with Crippen molar-refractivity contribution in [2.24, 2.45) is 0 Å². The van der Waals surface area contributed by atoms with Gasteiger partial charge in [-0.25, -0.2) is 4.98 Å². The first kappa shape index (κ1) is 24.7. The van der Waals surface area contributed by atoms with E-state index in [1.165, 1.54) is 37.9 Å². The molecule has 0 aliphatic rings. The molecule has 0 aromatic carbocycles. The van der Waals surface area contributed by atoms with Crippen molar-refractivity contribution < 1.29 is 44.4 Å². The van der Waals surface area contributed by atoms with Gasteiger partial charge < -0.3 is 29.9 Å². The normalized spacial score (nSPS) is 11.2. The maximum atomic E-state index is 10.1. The van der Waals surface area contributed by atoms with Crippen molar-refractivity contribution in [1.29, 1.82) is 0 Å². The quantitative estimate of drug-likeness (QED) is 0.329. The number of carboxylic acid groups (broad SMARTS) is 2. The third-order valence-electron chi connectivity index (χ3n) is 3.02. The molecule has 1 unspecified atom stereocenters. The predicted octanol–water partition coefficient (Wildman–Crippen LogP) is 0.0181. The number of hydrogen-bond acceptors (Lipinski definition) is 6. The van der Waals surface area contributed by atoms with E-state index >= 15 is 0 Å². The van der Waals surface area contributed by atoms with Crippen molar-refractivity contribution in [3.8, 4) is 0 Å². The van der Waals surface area contributed by atoms with Crippen LogP contribution in [0.4, 0.5) is 0 Å². The number of H-pyrrole nitrogens is 1. The van der Waals surface area contributed by atoms with E-state index in [9.17, 15) is 19.8 Å². The first-order valence-electron chi connectivity index (χ1n) is 7.73. The number of carbonyl (C=O) groups is 2. The van der Waals surface area contributed by atoms with E-state index in [-0.39, 0.29) is 19.5 Å². The van der Waals surface area contributed by atoms with Gasteiger partial charge in [0.15, 0.2) is 0 Å². The molecule has 130 valence electrons. The predicted molar refractivity (Wildman–Crippen MR) is 81.6 cm³/mol. The SMILES string of the molecule is CCCCCCCCC(O)C(=O)[O-].O=C([O-])C=Cc1cnc[nH]1.[Zn+2]. The molecule has 1 aromatic heterocycles. The van der Waals surface area contributed by atoms with Gasteiger partial charge in [0.1, 0.15) is 0 Å². The standard InChI is InChI=1S/C10H20O3.C6H6N2O2.Zn/c1-2-3-4-5-6-7-8-9(11)10(12)13;9-6(10)2-1-5-3-7-4-8-5;/h9,11H,2-8H2,1H3,(H,12,13);1-4H,(H,7,8)(H,9,10);/q;;+2/p-2. The number of aromatic amines is 1. The van der Waals surface area contributed by atoms with Crippen LogP contribution in [0.1, 0.15) is 57.6 Å². The molecule has 0 spiro atoms. The summed E-state index contributed by atoms with van der Waals surface area (Å²) in [6.07, 6.45) is 10.9. The van der Waals surface area contributed by atoms with Gasteiger partial charge in [-0.3, -0.25) is 0 Å². The Balaban J connectivity index is 0. The number of imidazole rings is 1. The number of aromatic nitrogens is 2. The molecule has 1 heterocycles. The van der Waals surface area contributed by atoms with Gasteiger partial charge in [0.25, 0.3) is 0 Å². The molecular weight excluding hydrogens is 366 g/mol. The summed E-state index contributed by atoms with van der Waals surface area (Å²) in [4.78, 5) is 26.4. The number of hydrogen-bond donors (Lipinski definition) is 2. The van der Waals surface area contributed by atoms with Gasteiger partial charge in [-0.15, -0.1) is 0 Å². The number of nitrogens with one attached hydrogen (secondary N) is 1. The molecule has 0 aliphatic carbocycles. The first-order chi connectivity index (χ1) is 11.0. The molecule has 1 atom stereocenters. The molecule has 7 nitrogen and oxygen atoms in total. The third-order valence-corrected chi connectivity index (χ3v) is 3.02. The van der Waals surface area contributed by atoms with Gasteiger partial charge in [-0.2, -0.15) is 0 Å². The first-order valence-corrected chi connectivity index (χ1v) is 7.73. The number of rotatable bonds is 10. The van der Waals surface area contributed by atoms with Crippen LogP contribution in [0.3, 0.4) is 0 Å². The molecule has 1 aromatic rings. The molecule has 24 heavy (non-hydrogen) atoms. The Kier molecular flexibility index (Phi) is 16.8. The summed E-state index contributed by atoms with van der Waals surface area (Å²) < 4.78 is 0. The minimum atomic E-state index is -1.35. The number of carboxylic acids is 2. The topological polar surface area (TPSA) is 129 Å². The molecule has 0 saturated carbocycles. The van der Waals surface area contributed by atoms with Gasteiger partial charge in [0.2, 0.25) is 0 Å². The van der Waals surface area contributed by atoms with Crippen LogP contribution in [0, 0.1) is 0 Å². The molecule has 0 amide bonds. The largest absolute Gasteiger partial charge is 2.00 e. The van der Waals surface area contributed by atoms with E-state index in [4.69, 9.17) is 5.11 Å². The van der Waals surface area contributed by atoms with E-state index in [2.05, 4.69) is 16.9 Å². The third kappa shape index (κ3) is 15.4. The molecule has 1 rings (SSSR count). The molecule has 0 radical (unpaired) electrons. The van der Waals surface area contributed by atoms with Gasteiger partial charge >= 0.3 is 19.5 Å². The zero-order valence-electron chi connectivity index (χ0n) is 14.1. The summed E-state index contributed by atoms with van der Waals surface area (Å²) in [5.74, 6) is -2.57. The van der Waals surface area contributed by atoms with Gasteiger partial charge in [-0.1, -0.05) is 45.4 Å². The van der Waals surface area contributed by atoms with Crippen molar-refractivity contribution in [3.05, 3.63) is 24.3 Å². The zero-order chi connectivity index (χ0) is 17.5. The second-order valence-electron chi connectivity index (χ2n) is 5.05. The Morgan fingerprint density at radius 1 is 1.25 bits per heavy atom. The Morgan fingerprint density at radius 3 is 2.38 bits per heavy atom. The summed E-state index contributed by atoms with van der Waals surface area (Å²) in [5, 5.41) is 28.8. The zero-order valence-corrected chi connectivity index (χ0v) is 17.0. The Morgan fingerprint density at radius 2 is 1.88 bits per heavy atom. The molecule has 8 heteroatoms. The number of unbranched alkanes of at least 4 members (excludes halogenated alkanes) is 5. The van der Waals surface area contributed by atoms with Crippen LogP contribution in [0.5, 0.6) is 0 Å². The van der Waals surface area contributed by atoms with Crippen LogP contribution >= 0.6 is 0 Å². The summed E-state index contributed by atoms with van der Waals surface area (Å²) in [7, 11) is 0. The van der Waals surface area contributed by atoms with E-state index < -0.39 is 18.0 Å². The molecule has 0 bridgehead atoms. The van der Waals surface area contributed by atoms with Crippen molar-refractivity contribution >= 4 is 18.0 Å². The number of nitrogens with zero attached hydrogens (tertiary/aromatic N) is 1. The van der Waals surface area contributed by atoms with Gasteiger partial charge in [-0.05, 0) is 18.6 Å². The van der Waals surface area contributed by atoms with Crippen LogP contribution in [-0.4, -0.2) is 33.1 Å². The van der Waals surface area contributed by atoms with Crippen LogP contribution in [0.2, 0.25) is 0 Å². The minimum absolute atomic E-state index is 0. The van der Waals surface area contributed by atoms with Gasteiger partial charge in [0.05, 0.1) is 36.3 Å². The van der Waals surface area contributed by atoms with E-state index in [1.807, 2.05) is 0 Å². The van der Waals surface area contributed by atoms with Crippen LogP contribution < -0.4 is 10.2 Å². The number of aliphatic carboxylic acids is 2. The van der Waals surface area contributed by atoms with Crippen molar-refractivity contribution in [1.82, 2.24) is 9.97 Å². The van der Waals surface area contributed by atoms with Crippen molar-refractivity contribution in [3.63, 3.8) is 0 Å². The van der Waals surface area contributed by atoms with E-state index in [0.29, 0.717) is 12.1 Å². The molecule has 0 fully saturated rings. The second-order valence-corrected chi connectivity index (χ2v) is 5.05. The second kappa shape index (κ2) is 16.3. The number of aliphatic hydroxyl groups excluding tert-OH is 1. The van der Waals surface area contributed by atoms with Gasteiger partial charge in [0, 0.05) is 0 Å². The van der Waals surface area contributed by atoms with Crippen molar-refractivity contribution in [2.45, 2.75) is 58.0 Å². The van der Waals surface area contributed by atoms with E-state index in [1.54, 1.807) is 0 Å². The summed E-state index contributed by atoms with van der Waals surface area (Å²) in [6.45, 7) is 2.15. The number of aliphatic hydroxyl groups is 1. The van der Waals surface area contributed by atoms with Crippen molar-refractivity contribution in [2.75, 3.05) is 0 Å². The van der Waals surface area contributed by atoms with Crippen LogP contribution in [0.15, 0.2) is 18.6 Å².